The minimum atomic E-state index is -4.30. The fourth-order valence-electron chi connectivity index (χ4n) is 2.17. The average Bonchev–Trinajstić information content (AvgIpc) is 2.52. The van der Waals surface area contributed by atoms with E-state index >= 15 is 0 Å². The van der Waals surface area contributed by atoms with E-state index in [-0.39, 0.29) is 0 Å². The number of nitrogens with zero attached hydrogens (tertiary/aromatic N) is 1. The van der Waals surface area contributed by atoms with Gasteiger partial charge in [0.25, 0.3) is 0 Å². The van der Waals surface area contributed by atoms with Crippen molar-refractivity contribution in [3.8, 4) is 0 Å². The van der Waals surface area contributed by atoms with Gasteiger partial charge in [0.1, 0.15) is 5.82 Å². The van der Waals surface area contributed by atoms with E-state index in [9.17, 15) is 13.2 Å². The van der Waals surface area contributed by atoms with Gasteiger partial charge in [-0.1, -0.05) is 30.3 Å². The summed E-state index contributed by atoms with van der Waals surface area (Å²) in [5, 5.41) is 4.16. The molecule has 3 rings (SSSR count). The van der Waals surface area contributed by atoms with Gasteiger partial charge in [-0.25, -0.2) is 4.98 Å². The maximum Gasteiger partial charge on any atom is 0.416 e. The summed E-state index contributed by atoms with van der Waals surface area (Å²) in [6.45, 7) is 0.420. The molecule has 22 heavy (non-hydrogen) atoms. The lowest BCUT2D eigenvalue weighted by Gasteiger charge is -2.09. The fourth-order valence-corrected chi connectivity index (χ4v) is 2.17. The summed E-state index contributed by atoms with van der Waals surface area (Å²) in [4.78, 5) is 4.46. The highest BCUT2D eigenvalue weighted by atomic mass is 19.4. The summed E-state index contributed by atoms with van der Waals surface area (Å²) in [5.74, 6) is 0.693. The van der Waals surface area contributed by atoms with Crippen molar-refractivity contribution in [3.05, 3.63) is 71.8 Å². The van der Waals surface area contributed by atoms with Crippen LogP contribution in [0.15, 0.2) is 60.7 Å². The summed E-state index contributed by atoms with van der Waals surface area (Å²) in [6, 6.07) is 16.7. The van der Waals surface area contributed by atoms with Gasteiger partial charge in [-0.2, -0.15) is 13.2 Å². The number of benzene rings is 2. The van der Waals surface area contributed by atoms with Crippen molar-refractivity contribution >= 4 is 16.7 Å². The molecular formula is C17H13F3N2. The lowest BCUT2D eigenvalue weighted by Crippen LogP contribution is -2.06. The second-order valence-corrected chi connectivity index (χ2v) is 4.94. The number of nitrogens with one attached hydrogen (secondary N) is 1. The van der Waals surface area contributed by atoms with Gasteiger partial charge >= 0.3 is 6.18 Å². The number of halogens is 3. The number of aromatic nitrogens is 1. The first-order valence-corrected chi connectivity index (χ1v) is 6.78. The van der Waals surface area contributed by atoms with Gasteiger partial charge in [-0.3, -0.25) is 0 Å². The molecule has 5 heteroatoms. The Bertz CT molecular complexity index is 780. The van der Waals surface area contributed by atoms with Gasteiger partial charge in [-0.05, 0) is 35.9 Å². The minimum absolute atomic E-state index is 0.420. The number of hydrogen-bond donors (Lipinski definition) is 1. The molecule has 1 N–H and O–H groups in total. The fraction of sp³-hybridized carbons (Fsp3) is 0.118. The first kappa shape index (κ1) is 14.4. The van der Waals surface area contributed by atoms with Gasteiger partial charge in [0.15, 0.2) is 0 Å². The van der Waals surface area contributed by atoms with Crippen molar-refractivity contribution < 1.29 is 13.2 Å². The number of pyridine rings is 1. The quantitative estimate of drug-likeness (QED) is 0.747. The Kier molecular flexibility index (Phi) is 3.71. The number of alkyl halides is 3. The zero-order valence-electron chi connectivity index (χ0n) is 11.6. The van der Waals surface area contributed by atoms with Crippen molar-refractivity contribution in [2.24, 2.45) is 0 Å². The zero-order chi connectivity index (χ0) is 15.6. The number of hydrogen-bond acceptors (Lipinski definition) is 2. The third-order valence-electron chi connectivity index (χ3n) is 3.35. The lowest BCUT2D eigenvalue weighted by atomic mass is 10.1. The van der Waals surface area contributed by atoms with Gasteiger partial charge in [-0.15, -0.1) is 0 Å². The van der Waals surface area contributed by atoms with Crippen LogP contribution < -0.4 is 5.32 Å². The van der Waals surface area contributed by atoms with Crippen LogP contribution in [0.5, 0.6) is 0 Å². The van der Waals surface area contributed by atoms with E-state index in [1.807, 2.05) is 36.4 Å². The Hall–Kier alpha value is -2.56. The molecule has 1 aromatic heterocycles. The predicted octanol–water partition coefficient (Wildman–Crippen LogP) is 4.87. The van der Waals surface area contributed by atoms with Gasteiger partial charge in [0, 0.05) is 11.9 Å². The van der Waals surface area contributed by atoms with Gasteiger partial charge in [0.2, 0.25) is 0 Å². The van der Waals surface area contributed by atoms with Crippen LogP contribution in [0.3, 0.4) is 0 Å². The van der Waals surface area contributed by atoms with E-state index in [1.54, 1.807) is 0 Å². The summed E-state index contributed by atoms with van der Waals surface area (Å²) in [6.07, 6.45) is -4.30. The van der Waals surface area contributed by atoms with Crippen LogP contribution in [-0.4, -0.2) is 4.98 Å². The van der Waals surface area contributed by atoms with Gasteiger partial charge in [0.05, 0.1) is 11.1 Å². The minimum Gasteiger partial charge on any atom is -0.366 e. The normalized spacial score (nSPS) is 11.6. The largest absolute Gasteiger partial charge is 0.416 e. The highest BCUT2D eigenvalue weighted by molar-refractivity contribution is 5.80. The molecule has 1 heterocycles. The Morgan fingerprint density at radius 1 is 0.864 bits per heavy atom. The van der Waals surface area contributed by atoms with Crippen molar-refractivity contribution in [1.82, 2.24) is 4.98 Å². The molecule has 0 saturated heterocycles. The van der Waals surface area contributed by atoms with Crippen LogP contribution in [0.4, 0.5) is 19.0 Å². The zero-order valence-corrected chi connectivity index (χ0v) is 11.6. The molecular weight excluding hydrogens is 289 g/mol. The molecule has 0 aliphatic rings. The highest BCUT2D eigenvalue weighted by Gasteiger charge is 2.29. The Balaban J connectivity index is 1.71. The molecule has 0 aliphatic heterocycles. The molecule has 0 fully saturated rings. The number of rotatable bonds is 3. The monoisotopic (exact) mass is 302 g/mol. The molecule has 0 unspecified atom stereocenters. The number of fused-ring (bicyclic) bond motifs is 1. The molecule has 112 valence electrons. The molecule has 0 bridgehead atoms. The highest BCUT2D eigenvalue weighted by Crippen LogP contribution is 2.29. The average molecular weight is 302 g/mol. The molecule has 0 atom stereocenters. The van der Waals surface area contributed by atoms with Crippen molar-refractivity contribution in [1.29, 1.82) is 0 Å². The first-order chi connectivity index (χ1) is 10.5. The molecule has 0 radical (unpaired) electrons. The van der Waals surface area contributed by atoms with E-state index in [2.05, 4.69) is 10.3 Å². The standard InChI is InChI=1S/C17H13F3N2/c18-17(19,20)14-8-5-12(6-9-14)11-21-16-10-7-13-3-1-2-4-15(13)22-16/h1-10H,11H2,(H,21,22). The van der Waals surface area contributed by atoms with Crippen molar-refractivity contribution in [3.63, 3.8) is 0 Å². The SMILES string of the molecule is FC(F)(F)c1ccc(CNc2ccc3ccccc3n2)cc1. The van der Waals surface area contributed by atoms with E-state index < -0.39 is 11.7 Å². The van der Waals surface area contributed by atoms with Crippen LogP contribution in [-0.2, 0) is 12.7 Å². The number of anilines is 1. The second-order valence-electron chi connectivity index (χ2n) is 4.94. The van der Waals surface area contributed by atoms with E-state index in [0.29, 0.717) is 12.4 Å². The van der Waals surface area contributed by atoms with Crippen LogP contribution in [0, 0.1) is 0 Å². The summed E-state index contributed by atoms with van der Waals surface area (Å²) < 4.78 is 37.5. The molecule has 0 spiro atoms. The van der Waals surface area contributed by atoms with E-state index in [4.69, 9.17) is 0 Å². The van der Waals surface area contributed by atoms with Crippen LogP contribution >= 0.6 is 0 Å². The maximum absolute atomic E-state index is 12.5. The summed E-state index contributed by atoms with van der Waals surface area (Å²) in [5.41, 5.74) is 1.00. The van der Waals surface area contributed by atoms with Crippen molar-refractivity contribution in [2.45, 2.75) is 12.7 Å². The third kappa shape index (κ3) is 3.19. The Morgan fingerprint density at radius 2 is 1.59 bits per heavy atom. The third-order valence-corrected chi connectivity index (χ3v) is 3.35. The Morgan fingerprint density at radius 3 is 2.32 bits per heavy atom. The second kappa shape index (κ2) is 5.67. The Labute approximate surface area is 125 Å². The predicted molar refractivity (Wildman–Crippen MR) is 80.5 cm³/mol. The molecule has 0 aliphatic carbocycles. The topological polar surface area (TPSA) is 24.9 Å². The smallest absolute Gasteiger partial charge is 0.366 e. The number of para-hydroxylation sites is 1. The lowest BCUT2D eigenvalue weighted by molar-refractivity contribution is -0.137. The first-order valence-electron chi connectivity index (χ1n) is 6.78. The molecule has 0 saturated carbocycles. The van der Waals surface area contributed by atoms with Crippen LogP contribution in [0.25, 0.3) is 10.9 Å². The summed E-state index contributed by atoms with van der Waals surface area (Å²) in [7, 11) is 0. The summed E-state index contributed by atoms with van der Waals surface area (Å²) >= 11 is 0. The van der Waals surface area contributed by atoms with Gasteiger partial charge < -0.3 is 5.32 Å². The van der Waals surface area contributed by atoms with Crippen LogP contribution in [0.1, 0.15) is 11.1 Å². The van der Waals surface area contributed by atoms with E-state index in [0.717, 1.165) is 28.6 Å². The van der Waals surface area contributed by atoms with E-state index in [1.165, 1.54) is 12.1 Å². The van der Waals surface area contributed by atoms with Crippen LogP contribution in [0.2, 0.25) is 0 Å². The maximum atomic E-state index is 12.5. The van der Waals surface area contributed by atoms with Crippen molar-refractivity contribution in [2.75, 3.05) is 5.32 Å². The molecule has 2 aromatic carbocycles. The molecule has 0 amide bonds. The molecule has 2 nitrogen and oxygen atoms in total. The molecule has 3 aromatic rings.